The summed E-state index contributed by atoms with van der Waals surface area (Å²) in [5, 5.41) is 5.50. The molecule has 2 nitrogen and oxygen atoms in total. The number of benzene rings is 3. The monoisotopic (exact) mass is 341 g/mol. The van der Waals surface area contributed by atoms with Crippen molar-refractivity contribution in [3.05, 3.63) is 70.7 Å². The Morgan fingerprint density at radius 3 is 2.29 bits per heavy atom. The third-order valence-electron chi connectivity index (χ3n) is 3.31. The van der Waals surface area contributed by atoms with Gasteiger partial charge in [0.05, 0.1) is 0 Å². The zero-order chi connectivity index (χ0) is 14.7. The first-order chi connectivity index (χ1) is 10.2. The highest BCUT2D eigenvalue weighted by molar-refractivity contribution is 9.10. The summed E-state index contributed by atoms with van der Waals surface area (Å²) in [6, 6.07) is 20.5. The van der Waals surface area contributed by atoms with E-state index in [1.807, 2.05) is 31.3 Å². The van der Waals surface area contributed by atoms with Gasteiger partial charge in [-0.3, -0.25) is 0 Å². The molecule has 1 N–H and O–H groups in total. The molecule has 0 heterocycles. The van der Waals surface area contributed by atoms with E-state index in [4.69, 9.17) is 4.74 Å². The highest BCUT2D eigenvalue weighted by Gasteiger charge is 2.01. The Labute approximate surface area is 132 Å². The molecule has 3 heteroatoms. The molecular formula is C18H16BrNO. The van der Waals surface area contributed by atoms with E-state index < -0.39 is 0 Å². The normalized spacial score (nSPS) is 10.8. The third kappa shape index (κ3) is 3.43. The Balaban J connectivity index is 1.82. The highest BCUT2D eigenvalue weighted by Crippen LogP contribution is 2.27. The molecule has 0 fully saturated rings. The fraction of sp³-hybridized carbons (Fsp3) is 0.111. The van der Waals surface area contributed by atoms with Crippen LogP contribution in [0, 0.1) is 0 Å². The van der Waals surface area contributed by atoms with Gasteiger partial charge in [0.15, 0.2) is 0 Å². The first kappa shape index (κ1) is 14.1. The van der Waals surface area contributed by atoms with Crippen LogP contribution in [0.1, 0.15) is 5.56 Å². The molecule has 0 amide bonds. The van der Waals surface area contributed by atoms with E-state index in [9.17, 15) is 0 Å². The van der Waals surface area contributed by atoms with E-state index >= 15 is 0 Å². The van der Waals surface area contributed by atoms with E-state index in [2.05, 4.69) is 57.6 Å². The van der Waals surface area contributed by atoms with Crippen molar-refractivity contribution in [2.45, 2.75) is 6.54 Å². The second kappa shape index (κ2) is 6.29. The van der Waals surface area contributed by atoms with Gasteiger partial charge in [-0.1, -0.05) is 40.2 Å². The summed E-state index contributed by atoms with van der Waals surface area (Å²) in [6.45, 7) is 0.866. The molecule has 0 aliphatic carbocycles. The lowest BCUT2D eigenvalue weighted by Crippen LogP contribution is -2.04. The molecule has 0 unspecified atom stereocenters. The minimum atomic E-state index is 0.853. The van der Waals surface area contributed by atoms with Gasteiger partial charge in [-0.05, 0) is 59.8 Å². The van der Waals surface area contributed by atoms with E-state index in [1.165, 1.54) is 16.3 Å². The molecule has 106 valence electrons. The van der Waals surface area contributed by atoms with Gasteiger partial charge in [0, 0.05) is 11.0 Å². The smallest absolute Gasteiger partial charge is 0.128 e. The summed E-state index contributed by atoms with van der Waals surface area (Å²) in [7, 11) is 1.94. The first-order valence-corrected chi connectivity index (χ1v) is 7.64. The lowest BCUT2D eigenvalue weighted by molar-refractivity contribution is 0.483. The van der Waals surface area contributed by atoms with Gasteiger partial charge in [-0.25, -0.2) is 0 Å². The molecule has 0 aliphatic heterocycles. The summed E-state index contributed by atoms with van der Waals surface area (Å²) in [5.74, 6) is 1.71. The van der Waals surface area contributed by atoms with Crippen molar-refractivity contribution in [1.82, 2.24) is 5.32 Å². The number of rotatable bonds is 4. The molecule has 0 spiro atoms. The molecule has 0 atom stereocenters. The van der Waals surface area contributed by atoms with Crippen molar-refractivity contribution in [2.75, 3.05) is 7.05 Å². The summed E-state index contributed by atoms with van der Waals surface area (Å²) in [6.07, 6.45) is 0. The van der Waals surface area contributed by atoms with Crippen molar-refractivity contribution in [2.24, 2.45) is 0 Å². The number of hydrogen-bond donors (Lipinski definition) is 1. The zero-order valence-electron chi connectivity index (χ0n) is 11.8. The Hall–Kier alpha value is -1.84. The average molecular weight is 342 g/mol. The molecule has 3 aromatic rings. The van der Waals surface area contributed by atoms with Crippen molar-refractivity contribution >= 4 is 26.7 Å². The largest absolute Gasteiger partial charge is 0.457 e. The van der Waals surface area contributed by atoms with Crippen molar-refractivity contribution in [3.63, 3.8) is 0 Å². The van der Waals surface area contributed by atoms with Crippen LogP contribution in [0.2, 0.25) is 0 Å². The Bertz CT molecular complexity index is 753. The summed E-state index contributed by atoms with van der Waals surface area (Å²) in [4.78, 5) is 0. The van der Waals surface area contributed by atoms with Gasteiger partial charge in [-0.2, -0.15) is 0 Å². The Morgan fingerprint density at radius 2 is 1.52 bits per heavy atom. The van der Waals surface area contributed by atoms with Crippen LogP contribution >= 0.6 is 15.9 Å². The number of hydrogen-bond acceptors (Lipinski definition) is 2. The van der Waals surface area contributed by atoms with Crippen LogP contribution in [-0.4, -0.2) is 7.05 Å². The van der Waals surface area contributed by atoms with Crippen LogP contribution in [0.3, 0.4) is 0 Å². The van der Waals surface area contributed by atoms with E-state index in [0.29, 0.717) is 0 Å². The fourth-order valence-corrected chi connectivity index (χ4v) is 2.65. The lowest BCUT2D eigenvalue weighted by Gasteiger charge is -2.08. The van der Waals surface area contributed by atoms with Gasteiger partial charge in [0.2, 0.25) is 0 Å². The second-order valence-corrected chi connectivity index (χ2v) is 5.85. The first-order valence-electron chi connectivity index (χ1n) is 6.85. The van der Waals surface area contributed by atoms with Crippen molar-refractivity contribution in [1.29, 1.82) is 0 Å². The number of fused-ring (bicyclic) bond motifs is 1. The van der Waals surface area contributed by atoms with E-state index in [-0.39, 0.29) is 0 Å². The summed E-state index contributed by atoms with van der Waals surface area (Å²) >= 11 is 3.49. The van der Waals surface area contributed by atoms with Crippen molar-refractivity contribution in [3.8, 4) is 11.5 Å². The van der Waals surface area contributed by atoms with Crippen LogP contribution in [0.25, 0.3) is 10.8 Å². The van der Waals surface area contributed by atoms with Crippen LogP contribution in [0.4, 0.5) is 0 Å². The predicted molar refractivity (Wildman–Crippen MR) is 90.9 cm³/mol. The molecule has 0 aromatic heterocycles. The fourth-order valence-electron chi connectivity index (χ4n) is 2.27. The third-order valence-corrected chi connectivity index (χ3v) is 3.81. The second-order valence-electron chi connectivity index (χ2n) is 4.93. The molecule has 3 rings (SSSR count). The number of halogens is 1. The minimum Gasteiger partial charge on any atom is -0.457 e. The molecule has 0 bridgehead atoms. The lowest BCUT2D eigenvalue weighted by atomic mass is 10.1. The van der Waals surface area contributed by atoms with Crippen molar-refractivity contribution < 1.29 is 4.74 Å². The zero-order valence-corrected chi connectivity index (χ0v) is 13.4. The molecule has 21 heavy (non-hydrogen) atoms. The van der Waals surface area contributed by atoms with Gasteiger partial charge >= 0.3 is 0 Å². The number of ether oxygens (including phenoxy) is 1. The Morgan fingerprint density at radius 1 is 0.857 bits per heavy atom. The average Bonchev–Trinajstić information content (AvgIpc) is 2.50. The molecule has 0 saturated heterocycles. The molecule has 0 saturated carbocycles. The maximum absolute atomic E-state index is 5.92. The van der Waals surface area contributed by atoms with Gasteiger partial charge in [-0.15, -0.1) is 0 Å². The molecular weight excluding hydrogens is 326 g/mol. The predicted octanol–water partition coefficient (Wildman–Crippen LogP) is 5.11. The van der Waals surface area contributed by atoms with Gasteiger partial charge in [0.1, 0.15) is 11.5 Å². The topological polar surface area (TPSA) is 21.3 Å². The van der Waals surface area contributed by atoms with Gasteiger partial charge < -0.3 is 10.1 Å². The molecule has 0 radical (unpaired) electrons. The van der Waals surface area contributed by atoms with E-state index in [1.54, 1.807) is 0 Å². The number of nitrogens with one attached hydrogen (secondary N) is 1. The quantitative estimate of drug-likeness (QED) is 0.711. The summed E-state index contributed by atoms with van der Waals surface area (Å²) < 4.78 is 7.00. The van der Waals surface area contributed by atoms with Crippen LogP contribution in [0.15, 0.2) is 65.1 Å². The van der Waals surface area contributed by atoms with E-state index in [0.717, 1.165) is 22.5 Å². The SMILES string of the molecule is CNCc1ccc(Oc2ccc3cc(Br)ccc3c2)cc1. The van der Waals surface area contributed by atoms with Crippen LogP contribution < -0.4 is 10.1 Å². The molecule has 3 aromatic carbocycles. The molecule has 0 aliphatic rings. The van der Waals surface area contributed by atoms with Gasteiger partial charge in [0.25, 0.3) is 0 Å². The Kier molecular flexibility index (Phi) is 4.23. The van der Waals surface area contributed by atoms with Crippen LogP contribution in [-0.2, 0) is 6.54 Å². The van der Waals surface area contributed by atoms with Crippen LogP contribution in [0.5, 0.6) is 11.5 Å². The summed E-state index contributed by atoms with van der Waals surface area (Å²) in [5.41, 5.74) is 1.24. The standard InChI is InChI=1S/C18H16BrNO/c1-20-12-13-2-7-17(8-3-13)21-18-9-5-14-10-16(19)6-4-15(14)11-18/h2-11,20H,12H2,1H3. The maximum Gasteiger partial charge on any atom is 0.128 e. The highest BCUT2D eigenvalue weighted by atomic mass is 79.9. The maximum atomic E-state index is 5.92. The minimum absolute atomic E-state index is 0.853.